The van der Waals surface area contributed by atoms with Crippen LogP contribution in [0.2, 0.25) is 0 Å². The van der Waals surface area contributed by atoms with E-state index >= 15 is 0 Å². The van der Waals surface area contributed by atoms with Gasteiger partial charge in [-0.15, -0.1) is 0 Å². The van der Waals surface area contributed by atoms with E-state index in [0.717, 1.165) is 12.1 Å². The number of nitrogens with zero attached hydrogens (tertiary/aromatic N) is 1. The van der Waals surface area contributed by atoms with Gasteiger partial charge in [0.2, 0.25) is 5.91 Å². The molecule has 1 amide bonds. The Kier molecular flexibility index (Phi) is 3.62. The smallest absolute Gasteiger partial charge is 0.307 e. The summed E-state index contributed by atoms with van der Waals surface area (Å²) in [6, 6.07) is 7.15. The molecule has 0 saturated carbocycles. The molecule has 1 heterocycles. The van der Waals surface area contributed by atoms with Crippen molar-refractivity contribution in [2.75, 3.05) is 13.1 Å². The summed E-state index contributed by atoms with van der Waals surface area (Å²) in [5.41, 5.74) is 6.69. The second-order valence-electron chi connectivity index (χ2n) is 4.62. The van der Waals surface area contributed by atoms with Gasteiger partial charge in [-0.2, -0.15) is 0 Å². The fraction of sp³-hybridized carbons (Fsp3) is 0.385. The van der Waals surface area contributed by atoms with Crippen LogP contribution in [-0.2, 0) is 11.3 Å². The molecule has 5 heteroatoms. The maximum atomic E-state index is 11.1. The highest BCUT2D eigenvalue weighted by atomic mass is 16.4. The Bertz CT molecular complexity index is 473. The van der Waals surface area contributed by atoms with Crippen molar-refractivity contribution < 1.29 is 14.7 Å². The van der Waals surface area contributed by atoms with Gasteiger partial charge in [-0.1, -0.05) is 12.1 Å². The zero-order valence-electron chi connectivity index (χ0n) is 10.0. The van der Waals surface area contributed by atoms with Crippen molar-refractivity contribution in [3.8, 4) is 0 Å². The monoisotopic (exact) mass is 248 g/mol. The highest BCUT2D eigenvalue weighted by molar-refractivity contribution is 5.92. The molecule has 1 aromatic carbocycles. The first kappa shape index (κ1) is 12.6. The normalized spacial score (nSPS) is 19.9. The second kappa shape index (κ2) is 5.18. The molecule has 5 nitrogen and oxygen atoms in total. The Labute approximate surface area is 105 Å². The number of hydrogen-bond donors (Lipinski definition) is 2. The van der Waals surface area contributed by atoms with Gasteiger partial charge in [0.25, 0.3) is 0 Å². The number of primary amides is 1. The summed E-state index contributed by atoms with van der Waals surface area (Å²) in [5, 5.41) is 8.93. The molecule has 1 saturated heterocycles. The van der Waals surface area contributed by atoms with Gasteiger partial charge in [0.1, 0.15) is 0 Å². The average Bonchev–Trinajstić information content (AvgIpc) is 2.78. The summed E-state index contributed by atoms with van der Waals surface area (Å²) in [4.78, 5) is 24.0. The molecule has 1 aromatic rings. The van der Waals surface area contributed by atoms with Crippen molar-refractivity contribution in [2.45, 2.75) is 13.0 Å². The van der Waals surface area contributed by atoms with Gasteiger partial charge in [0.05, 0.1) is 5.92 Å². The number of rotatable bonds is 4. The van der Waals surface area contributed by atoms with E-state index in [0.29, 0.717) is 25.1 Å². The molecular weight excluding hydrogens is 232 g/mol. The van der Waals surface area contributed by atoms with Crippen LogP contribution >= 0.6 is 0 Å². The highest BCUT2D eigenvalue weighted by Crippen LogP contribution is 2.19. The van der Waals surface area contributed by atoms with Gasteiger partial charge >= 0.3 is 5.97 Å². The number of likely N-dealkylation sites (tertiary alicyclic amines) is 1. The summed E-state index contributed by atoms with van der Waals surface area (Å²) >= 11 is 0. The van der Waals surface area contributed by atoms with Gasteiger partial charge < -0.3 is 10.8 Å². The van der Waals surface area contributed by atoms with Crippen molar-refractivity contribution >= 4 is 11.9 Å². The standard InChI is InChI=1S/C13H16N2O3/c14-12(16)10-3-1-2-9(6-10)7-15-5-4-11(8-15)13(17)18/h1-3,6,11H,4-5,7-8H2,(H2,14,16)(H,17,18). The summed E-state index contributed by atoms with van der Waals surface area (Å²) in [6.07, 6.45) is 0.685. The molecule has 96 valence electrons. The van der Waals surface area contributed by atoms with Gasteiger partial charge in [-0.05, 0) is 30.7 Å². The first-order valence-electron chi connectivity index (χ1n) is 5.90. The van der Waals surface area contributed by atoms with Gasteiger partial charge in [-0.3, -0.25) is 14.5 Å². The minimum absolute atomic E-state index is 0.274. The van der Waals surface area contributed by atoms with E-state index in [1.54, 1.807) is 18.2 Å². The lowest BCUT2D eigenvalue weighted by Crippen LogP contribution is -2.23. The maximum absolute atomic E-state index is 11.1. The van der Waals surface area contributed by atoms with E-state index in [2.05, 4.69) is 4.90 Å². The van der Waals surface area contributed by atoms with Crippen LogP contribution < -0.4 is 5.73 Å². The Hall–Kier alpha value is -1.88. The number of amides is 1. The number of carboxylic acids is 1. The van der Waals surface area contributed by atoms with E-state index in [-0.39, 0.29) is 5.92 Å². The number of hydrogen-bond acceptors (Lipinski definition) is 3. The molecule has 18 heavy (non-hydrogen) atoms. The summed E-state index contributed by atoms with van der Waals surface area (Å²) < 4.78 is 0. The predicted molar refractivity (Wildman–Crippen MR) is 66.0 cm³/mol. The third-order valence-electron chi connectivity index (χ3n) is 3.24. The molecule has 1 aliphatic rings. The molecule has 0 aliphatic carbocycles. The zero-order valence-corrected chi connectivity index (χ0v) is 10.0. The van der Waals surface area contributed by atoms with Crippen LogP contribution in [0.4, 0.5) is 0 Å². The average molecular weight is 248 g/mol. The Morgan fingerprint density at radius 2 is 2.22 bits per heavy atom. The molecule has 2 rings (SSSR count). The van der Waals surface area contributed by atoms with Crippen LogP contribution in [0.25, 0.3) is 0 Å². The third-order valence-corrected chi connectivity index (χ3v) is 3.24. The molecule has 1 atom stereocenters. The Morgan fingerprint density at radius 1 is 1.44 bits per heavy atom. The second-order valence-corrected chi connectivity index (χ2v) is 4.62. The van der Waals surface area contributed by atoms with Crippen LogP contribution in [0.3, 0.4) is 0 Å². The number of carbonyl (C=O) groups excluding carboxylic acids is 1. The molecule has 0 bridgehead atoms. The quantitative estimate of drug-likeness (QED) is 0.821. The molecule has 3 N–H and O–H groups in total. The molecular formula is C13H16N2O3. The Balaban J connectivity index is 2.00. The molecule has 0 spiro atoms. The van der Waals surface area contributed by atoms with Crippen molar-refractivity contribution in [3.63, 3.8) is 0 Å². The fourth-order valence-electron chi connectivity index (χ4n) is 2.26. The lowest BCUT2D eigenvalue weighted by molar-refractivity contribution is -0.141. The van der Waals surface area contributed by atoms with Crippen LogP contribution in [-0.4, -0.2) is 35.0 Å². The van der Waals surface area contributed by atoms with Crippen LogP contribution in [0.5, 0.6) is 0 Å². The van der Waals surface area contributed by atoms with Gasteiger partial charge in [0, 0.05) is 18.7 Å². The minimum Gasteiger partial charge on any atom is -0.481 e. The van der Waals surface area contributed by atoms with Gasteiger partial charge in [0.15, 0.2) is 0 Å². The van der Waals surface area contributed by atoms with E-state index in [4.69, 9.17) is 10.8 Å². The number of nitrogens with two attached hydrogens (primary N) is 1. The first-order valence-corrected chi connectivity index (χ1v) is 5.90. The SMILES string of the molecule is NC(=O)c1cccc(CN2CCC(C(=O)O)C2)c1. The van der Waals surface area contributed by atoms with Crippen molar-refractivity contribution in [1.29, 1.82) is 0 Å². The highest BCUT2D eigenvalue weighted by Gasteiger charge is 2.27. The van der Waals surface area contributed by atoms with Crippen molar-refractivity contribution in [1.82, 2.24) is 4.90 Å². The van der Waals surface area contributed by atoms with Gasteiger partial charge in [-0.25, -0.2) is 0 Å². The lowest BCUT2D eigenvalue weighted by atomic mass is 10.1. The zero-order chi connectivity index (χ0) is 13.1. The van der Waals surface area contributed by atoms with E-state index < -0.39 is 11.9 Å². The fourth-order valence-corrected chi connectivity index (χ4v) is 2.26. The van der Waals surface area contributed by atoms with E-state index in [1.807, 2.05) is 6.07 Å². The third kappa shape index (κ3) is 2.87. The van der Waals surface area contributed by atoms with Crippen LogP contribution in [0.15, 0.2) is 24.3 Å². The summed E-state index contributed by atoms with van der Waals surface area (Å²) in [5.74, 6) is -1.45. The molecule has 0 aromatic heterocycles. The minimum atomic E-state index is -0.733. The summed E-state index contributed by atoms with van der Waals surface area (Å²) in [7, 11) is 0. The topological polar surface area (TPSA) is 83.6 Å². The van der Waals surface area contributed by atoms with Crippen LogP contribution in [0, 0.1) is 5.92 Å². The predicted octanol–water partition coefficient (Wildman–Crippen LogP) is 0.692. The molecule has 1 unspecified atom stereocenters. The van der Waals surface area contributed by atoms with E-state index in [9.17, 15) is 9.59 Å². The number of carboxylic acid groups (broad SMARTS) is 1. The number of aliphatic carboxylic acids is 1. The molecule has 0 radical (unpaired) electrons. The largest absolute Gasteiger partial charge is 0.481 e. The molecule has 1 aliphatic heterocycles. The number of benzene rings is 1. The van der Waals surface area contributed by atoms with Crippen molar-refractivity contribution in [3.05, 3.63) is 35.4 Å². The lowest BCUT2D eigenvalue weighted by Gasteiger charge is -2.15. The van der Waals surface area contributed by atoms with E-state index in [1.165, 1.54) is 0 Å². The van der Waals surface area contributed by atoms with Crippen molar-refractivity contribution in [2.24, 2.45) is 11.7 Å². The maximum Gasteiger partial charge on any atom is 0.307 e. The molecule has 1 fully saturated rings. The first-order chi connectivity index (χ1) is 8.56. The van der Waals surface area contributed by atoms with Crippen LogP contribution in [0.1, 0.15) is 22.3 Å². The number of carbonyl (C=O) groups is 2. The summed E-state index contributed by atoms with van der Waals surface area (Å²) in [6.45, 7) is 2.00. The Morgan fingerprint density at radius 3 is 2.83 bits per heavy atom.